The van der Waals surface area contributed by atoms with Crippen molar-refractivity contribution >= 4 is 0 Å². The third kappa shape index (κ3) is 0.555. The zero-order chi connectivity index (χ0) is 5.61. The van der Waals surface area contributed by atoms with Crippen LogP contribution in [0.4, 0.5) is 0 Å². The molecule has 0 aromatic carbocycles. The summed E-state index contributed by atoms with van der Waals surface area (Å²) in [6.07, 6.45) is 1.01. The lowest BCUT2D eigenvalue weighted by Crippen LogP contribution is -2.11. The van der Waals surface area contributed by atoms with E-state index in [0.717, 1.165) is 12.8 Å². The molecule has 3 nitrogen and oxygen atoms in total. The van der Waals surface area contributed by atoms with Crippen molar-refractivity contribution in [3.05, 3.63) is 0 Å². The molecule has 0 aromatic rings. The second-order valence-electron chi connectivity index (χ2n) is 2.31. The van der Waals surface area contributed by atoms with E-state index in [4.69, 9.17) is 14.6 Å². The van der Waals surface area contributed by atoms with Crippen LogP contribution in [-0.4, -0.2) is 23.8 Å². The normalized spacial score (nSPS) is 52.9. The predicted octanol–water partition coefficient (Wildman–Crippen LogP) is -0.158. The van der Waals surface area contributed by atoms with Crippen LogP contribution in [0.2, 0.25) is 0 Å². The van der Waals surface area contributed by atoms with Gasteiger partial charge in [0.25, 0.3) is 0 Å². The van der Waals surface area contributed by atoms with Crippen molar-refractivity contribution in [2.24, 2.45) is 0 Å². The summed E-state index contributed by atoms with van der Waals surface area (Å²) < 4.78 is 9.94. The van der Waals surface area contributed by atoms with Crippen LogP contribution in [0, 0.1) is 0 Å². The Morgan fingerprint density at radius 2 is 2.38 bits per heavy atom. The average Bonchev–Trinajstić information content (AvgIpc) is 2.34. The van der Waals surface area contributed by atoms with Crippen LogP contribution in [0.1, 0.15) is 12.8 Å². The molecule has 1 N–H and O–H groups in total. The van der Waals surface area contributed by atoms with E-state index in [1.165, 1.54) is 0 Å². The minimum Gasteiger partial charge on any atom is -0.368 e. The minimum absolute atomic E-state index is 0.334. The molecule has 0 aliphatic carbocycles. The van der Waals surface area contributed by atoms with E-state index in [-0.39, 0.29) is 5.79 Å². The first-order valence-electron chi connectivity index (χ1n) is 2.81. The number of aliphatic hydroxyl groups excluding tert-OH is 1. The number of ether oxygens (including phenoxy) is 2. The maximum atomic E-state index is 8.80. The van der Waals surface area contributed by atoms with E-state index in [1.807, 2.05) is 0 Å². The van der Waals surface area contributed by atoms with Gasteiger partial charge in [-0.15, -0.1) is 0 Å². The topological polar surface area (TPSA) is 42.0 Å². The summed E-state index contributed by atoms with van der Waals surface area (Å²) >= 11 is 0. The third-order valence-corrected chi connectivity index (χ3v) is 1.59. The highest BCUT2D eigenvalue weighted by atomic mass is 16.8. The van der Waals surface area contributed by atoms with Gasteiger partial charge in [-0.25, -0.2) is 0 Å². The van der Waals surface area contributed by atoms with Crippen LogP contribution in [0.3, 0.4) is 0 Å². The van der Waals surface area contributed by atoms with Crippen molar-refractivity contribution in [1.82, 2.24) is 0 Å². The zero-order valence-electron chi connectivity index (χ0n) is 4.46. The van der Waals surface area contributed by atoms with Crippen molar-refractivity contribution in [3.63, 3.8) is 0 Å². The number of hydrogen-bond acceptors (Lipinski definition) is 3. The lowest BCUT2D eigenvalue weighted by molar-refractivity contribution is -0.132. The molecule has 0 aromatic heterocycles. The molecule has 3 heteroatoms. The van der Waals surface area contributed by atoms with Crippen LogP contribution in [0.15, 0.2) is 0 Å². The highest BCUT2D eigenvalue weighted by Gasteiger charge is 2.51. The number of rotatable bonds is 0. The predicted molar refractivity (Wildman–Crippen MR) is 25.0 cm³/mol. The summed E-state index contributed by atoms with van der Waals surface area (Å²) in [4.78, 5) is 0. The van der Waals surface area contributed by atoms with Crippen LogP contribution >= 0.6 is 0 Å². The molecule has 0 radical (unpaired) electrons. The van der Waals surface area contributed by atoms with Crippen LogP contribution in [-0.2, 0) is 9.47 Å². The SMILES string of the molecule is OC1CCC2(CO2)O1. The van der Waals surface area contributed by atoms with Gasteiger partial charge < -0.3 is 14.6 Å². The molecular weight excluding hydrogens is 108 g/mol. The van der Waals surface area contributed by atoms with Gasteiger partial charge in [-0.3, -0.25) is 0 Å². The first kappa shape index (κ1) is 4.73. The fourth-order valence-electron chi connectivity index (χ4n) is 1.00. The summed E-state index contributed by atoms with van der Waals surface area (Å²) in [5.74, 6) is -0.334. The van der Waals surface area contributed by atoms with Gasteiger partial charge in [0, 0.05) is 12.8 Å². The van der Waals surface area contributed by atoms with E-state index in [2.05, 4.69) is 0 Å². The van der Waals surface area contributed by atoms with Crippen molar-refractivity contribution in [3.8, 4) is 0 Å². The Morgan fingerprint density at radius 3 is 2.62 bits per heavy atom. The van der Waals surface area contributed by atoms with E-state index < -0.39 is 6.29 Å². The molecule has 2 atom stereocenters. The van der Waals surface area contributed by atoms with Crippen molar-refractivity contribution in [2.45, 2.75) is 24.9 Å². The van der Waals surface area contributed by atoms with Gasteiger partial charge in [-0.1, -0.05) is 0 Å². The molecule has 2 rings (SSSR count). The lowest BCUT2D eigenvalue weighted by Gasteiger charge is -2.00. The molecule has 0 saturated carbocycles. The fourth-order valence-corrected chi connectivity index (χ4v) is 1.00. The highest BCUT2D eigenvalue weighted by Crippen LogP contribution is 2.40. The van der Waals surface area contributed by atoms with Gasteiger partial charge in [0.15, 0.2) is 12.1 Å². The van der Waals surface area contributed by atoms with E-state index >= 15 is 0 Å². The summed E-state index contributed by atoms with van der Waals surface area (Å²) in [7, 11) is 0. The summed E-state index contributed by atoms with van der Waals surface area (Å²) in [5, 5.41) is 8.80. The molecule has 2 aliphatic rings. The first-order valence-corrected chi connectivity index (χ1v) is 2.81. The van der Waals surface area contributed by atoms with E-state index in [1.54, 1.807) is 0 Å². The Bertz CT molecular complexity index is 108. The number of aliphatic hydroxyl groups is 1. The van der Waals surface area contributed by atoms with Crippen LogP contribution < -0.4 is 0 Å². The molecule has 8 heavy (non-hydrogen) atoms. The molecule has 2 saturated heterocycles. The highest BCUT2D eigenvalue weighted by molar-refractivity contribution is 4.86. The summed E-state index contributed by atoms with van der Waals surface area (Å²) in [6, 6.07) is 0. The molecule has 2 fully saturated rings. The van der Waals surface area contributed by atoms with E-state index in [0.29, 0.717) is 6.61 Å². The van der Waals surface area contributed by atoms with Crippen molar-refractivity contribution < 1.29 is 14.6 Å². The molecule has 46 valence electrons. The fraction of sp³-hybridized carbons (Fsp3) is 1.00. The molecule has 0 amide bonds. The molecule has 2 unspecified atom stereocenters. The standard InChI is InChI=1S/C5H8O3/c6-4-1-2-5(8-4)3-7-5/h4,6H,1-3H2. The minimum atomic E-state index is -0.572. The smallest absolute Gasteiger partial charge is 0.195 e. The van der Waals surface area contributed by atoms with Gasteiger partial charge in [0.1, 0.15) is 6.61 Å². The second kappa shape index (κ2) is 1.23. The van der Waals surface area contributed by atoms with Gasteiger partial charge in [-0.2, -0.15) is 0 Å². The van der Waals surface area contributed by atoms with Crippen LogP contribution in [0.25, 0.3) is 0 Å². The second-order valence-corrected chi connectivity index (χ2v) is 2.31. The lowest BCUT2D eigenvalue weighted by atomic mass is 10.2. The maximum Gasteiger partial charge on any atom is 0.195 e. The molecular formula is C5H8O3. The first-order chi connectivity index (χ1) is 3.81. The van der Waals surface area contributed by atoms with Crippen LogP contribution in [0.5, 0.6) is 0 Å². The Kier molecular flexibility index (Phi) is 0.730. The van der Waals surface area contributed by atoms with Gasteiger partial charge in [0.05, 0.1) is 0 Å². The average molecular weight is 116 g/mol. The summed E-state index contributed by atoms with van der Waals surface area (Å²) in [5.41, 5.74) is 0. The zero-order valence-corrected chi connectivity index (χ0v) is 4.46. The maximum absolute atomic E-state index is 8.80. The molecule has 0 bridgehead atoms. The Balaban J connectivity index is 2.03. The van der Waals surface area contributed by atoms with Crippen molar-refractivity contribution in [2.75, 3.05) is 6.61 Å². The number of hydrogen-bond donors (Lipinski definition) is 1. The molecule has 2 heterocycles. The largest absolute Gasteiger partial charge is 0.368 e. The molecule has 2 aliphatic heterocycles. The van der Waals surface area contributed by atoms with E-state index in [9.17, 15) is 0 Å². The van der Waals surface area contributed by atoms with Gasteiger partial charge in [0.2, 0.25) is 0 Å². The summed E-state index contributed by atoms with van der Waals surface area (Å²) in [6.45, 7) is 0.671. The number of epoxide rings is 1. The van der Waals surface area contributed by atoms with Gasteiger partial charge in [-0.05, 0) is 0 Å². The third-order valence-electron chi connectivity index (χ3n) is 1.59. The quantitative estimate of drug-likeness (QED) is 0.447. The molecule has 1 spiro atoms. The Morgan fingerprint density at radius 1 is 1.62 bits per heavy atom. The Labute approximate surface area is 47.2 Å². The monoisotopic (exact) mass is 116 g/mol. The van der Waals surface area contributed by atoms with Crippen molar-refractivity contribution in [1.29, 1.82) is 0 Å². The Hall–Kier alpha value is -0.120. The van der Waals surface area contributed by atoms with Gasteiger partial charge >= 0.3 is 0 Å².